The van der Waals surface area contributed by atoms with Gasteiger partial charge in [0.15, 0.2) is 0 Å². The number of carbonyl (C=O) groups excluding carboxylic acids is 2. The molecule has 23 heavy (non-hydrogen) atoms. The van der Waals surface area contributed by atoms with Crippen LogP contribution in [0.1, 0.15) is 46.9 Å². The van der Waals surface area contributed by atoms with Gasteiger partial charge in [0, 0.05) is 23.4 Å². The molecule has 0 bridgehead atoms. The lowest BCUT2D eigenvalue weighted by Crippen LogP contribution is -2.24. The monoisotopic (exact) mass is 310 g/mol. The molecule has 0 saturated carbocycles. The minimum absolute atomic E-state index is 0.0814. The predicted octanol–water partition coefficient (Wildman–Crippen LogP) is 3.86. The molecule has 2 amide bonds. The lowest BCUT2D eigenvalue weighted by Gasteiger charge is -2.07. The molecule has 0 aliphatic rings. The Balaban J connectivity index is 1.89. The van der Waals surface area contributed by atoms with E-state index in [1.807, 2.05) is 18.2 Å². The first kappa shape index (κ1) is 16.7. The van der Waals surface area contributed by atoms with E-state index in [1.54, 1.807) is 36.4 Å². The fraction of sp³-hybridized carbons (Fsp3) is 0.263. The summed E-state index contributed by atoms with van der Waals surface area (Å²) in [5.41, 5.74) is 1.87. The van der Waals surface area contributed by atoms with Gasteiger partial charge in [-0.25, -0.2) is 0 Å². The summed E-state index contributed by atoms with van der Waals surface area (Å²) in [5.74, 6) is -0.246. The highest BCUT2D eigenvalue weighted by Gasteiger charge is 2.07. The van der Waals surface area contributed by atoms with E-state index in [1.165, 1.54) is 0 Å². The van der Waals surface area contributed by atoms with E-state index < -0.39 is 0 Å². The van der Waals surface area contributed by atoms with Crippen molar-refractivity contribution in [3.05, 3.63) is 65.7 Å². The second-order valence-corrected chi connectivity index (χ2v) is 5.36. The van der Waals surface area contributed by atoms with Gasteiger partial charge in [0.25, 0.3) is 11.8 Å². The number of anilines is 1. The van der Waals surface area contributed by atoms with E-state index in [4.69, 9.17) is 0 Å². The van der Waals surface area contributed by atoms with Crippen LogP contribution in [0.5, 0.6) is 0 Å². The summed E-state index contributed by atoms with van der Waals surface area (Å²) < 4.78 is 0. The normalized spacial score (nSPS) is 10.1. The Morgan fingerprint density at radius 2 is 1.48 bits per heavy atom. The number of hydrogen-bond acceptors (Lipinski definition) is 2. The molecular formula is C19H22N2O2. The topological polar surface area (TPSA) is 58.2 Å². The molecule has 0 aromatic heterocycles. The van der Waals surface area contributed by atoms with E-state index in [9.17, 15) is 9.59 Å². The van der Waals surface area contributed by atoms with Crippen molar-refractivity contribution in [2.75, 3.05) is 11.9 Å². The summed E-state index contributed by atoms with van der Waals surface area (Å²) in [6.07, 6.45) is 3.24. The van der Waals surface area contributed by atoms with Crippen LogP contribution in [0.2, 0.25) is 0 Å². The summed E-state index contributed by atoms with van der Waals surface area (Å²) in [4.78, 5) is 24.0. The van der Waals surface area contributed by atoms with Crippen LogP contribution in [0.25, 0.3) is 0 Å². The first-order chi connectivity index (χ1) is 11.2. The average Bonchev–Trinajstić information content (AvgIpc) is 2.60. The molecule has 4 heteroatoms. The number of unbranched alkanes of at least 4 members (excludes halogenated alkanes) is 2. The zero-order valence-electron chi connectivity index (χ0n) is 13.3. The second-order valence-electron chi connectivity index (χ2n) is 5.36. The Kier molecular flexibility index (Phi) is 6.36. The second kappa shape index (κ2) is 8.73. The molecule has 0 fully saturated rings. The van der Waals surface area contributed by atoms with Gasteiger partial charge in [-0.3, -0.25) is 9.59 Å². The lowest BCUT2D eigenvalue weighted by molar-refractivity contribution is 0.0952. The quantitative estimate of drug-likeness (QED) is 0.763. The molecule has 2 aromatic carbocycles. The average molecular weight is 310 g/mol. The van der Waals surface area contributed by atoms with Gasteiger partial charge in [0.05, 0.1) is 0 Å². The van der Waals surface area contributed by atoms with Gasteiger partial charge in [0.1, 0.15) is 0 Å². The van der Waals surface area contributed by atoms with E-state index in [2.05, 4.69) is 17.6 Å². The fourth-order valence-electron chi connectivity index (χ4n) is 2.18. The molecule has 0 heterocycles. The molecule has 2 rings (SSSR count). The molecule has 2 N–H and O–H groups in total. The third kappa shape index (κ3) is 5.25. The molecule has 0 atom stereocenters. The number of carbonyl (C=O) groups is 2. The molecule has 0 aliphatic carbocycles. The van der Waals surface area contributed by atoms with E-state index >= 15 is 0 Å². The third-order valence-electron chi connectivity index (χ3n) is 3.51. The van der Waals surface area contributed by atoms with Gasteiger partial charge >= 0.3 is 0 Å². The van der Waals surface area contributed by atoms with Crippen LogP contribution in [-0.4, -0.2) is 18.4 Å². The van der Waals surface area contributed by atoms with Crippen LogP contribution >= 0.6 is 0 Å². The maximum atomic E-state index is 12.0. The zero-order chi connectivity index (χ0) is 16.5. The van der Waals surface area contributed by atoms with Crippen molar-refractivity contribution < 1.29 is 9.59 Å². The van der Waals surface area contributed by atoms with Crippen LogP contribution in [0.4, 0.5) is 5.69 Å². The van der Waals surface area contributed by atoms with Crippen molar-refractivity contribution in [3.8, 4) is 0 Å². The van der Waals surface area contributed by atoms with Crippen molar-refractivity contribution in [3.63, 3.8) is 0 Å². The van der Waals surface area contributed by atoms with Crippen molar-refractivity contribution in [1.29, 1.82) is 0 Å². The highest BCUT2D eigenvalue weighted by Crippen LogP contribution is 2.11. The van der Waals surface area contributed by atoms with Crippen molar-refractivity contribution >= 4 is 17.5 Å². The molecule has 0 aliphatic heterocycles. The maximum absolute atomic E-state index is 12.0. The number of benzene rings is 2. The number of rotatable bonds is 7. The minimum atomic E-state index is -0.164. The van der Waals surface area contributed by atoms with E-state index in [-0.39, 0.29) is 11.8 Å². The Morgan fingerprint density at radius 1 is 0.826 bits per heavy atom. The molecule has 120 valence electrons. The molecular weight excluding hydrogens is 288 g/mol. The molecule has 0 radical (unpaired) electrons. The SMILES string of the molecule is CCCCCNC(=O)c1ccc(NC(=O)c2ccccc2)cc1. The summed E-state index contributed by atoms with van der Waals surface area (Å²) in [6.45, 7) is 2.82. The Hall–Kier alpha value is -2.62. The maximum Gasteiger partial charge on any atom is 0.255 e. The van der Waals surface area contributed by atoms with Gasteiger partial charge < -0.3 is 10.6 Å². The van der Waals surface area contributed by atoms with Gasteiger partial charge in [0.2, 0.25) is 0 Å². The van der Waals surface area contributed by atoms with Gasteiger partial charge in [-0.1, -0.05) is 38.0 Å². The standard InChI is InChI=1S/C19H22N2O2/c1-2-3-7-14-20-18(22)16-10-12-17(13-11-16)21-19(23)15-8-5-4-6-9-15/h4-6,8-13H,2-3,7,14H2,1H3,(H,20,22)(H,21,23). The Labute approximate surface area is 136 Å². The molecule has 0 saturated heterocycles. The van der Waals surface area contributed by atoms with Crippen molar-refractivity contribution in [2.45, 2.75) is 26.2 Å². The summed E-state index contributed by atoms with van der Waals surface area (Å²) >= 11 is 0. The summed E-state index contributed by atoms with van der Waals surface area (Å²) in [7, 11) is 0. The smallest absolute Gasteiger partial charge is 0.255 e. The fourth-order valence-corrected chi connectivity index (χ4v) is 2.18. The molecule has 2 aromatic rings. The van der Waals surface area contributed by atoms with Crippen LogP contribution in [-0.2, 0) is 0 Å². The van der Waals surface area contributed by atoms with Crippen LogP contribution in [0.3, 0.4) is 0 Å². The number of amides is 2. The van der Waals surface area contributed by atoms with Crippen LogP contribution in [0.15, 0.2) is 54.6 Å². The van der Waals surface area contributed by atoms with E-state index in [0.717, 1.165) is 19.3 Å². The number of hydrogen-bond donors (Lipinski definition) is 2. The first-order valence-corrected chi connectivity index (χ1v) is 7.95. The van der Waals surface area contributed by atoms with Crippen molar-refractivity contribution in [1.82, 2.24) is 5.32 Å². The molecule has 4 nitrogen and oxygen atoms in total. The molecule has 0 spiro atoms. The number of nitrogens with one attached hydrogen (secondary N) is 2. The Bertz CT molecular complexity index is 636. The summed E-state index contributed by atoms with van der Waals surface area (Å²) in [6, 6.07) is 15.9. The van der Waals surface area contributed by atoms with Crippen molar-refractivity contribution in [2.24, 2.45) is 0 Å². The highest BCUT2D eigenvalue weighted by atomic mass is 16.2. The van der Waals surface area contributed by atoms with Gasteiger partial charge in [-0.05, 0) is 42.8 Å². The molecule has 0 unspecified atom stereocenters. The lowest BCUT2D eigenvalue weighted by atomic mass is 10.1. The first-order valence-electron chi connectivity index (χ1n) is 7.95. The summed E-state index contributed by atoms with van der Waals surface area (Å²) in [5, 5.41) is 5.71. The largest absolute Gasteiger partial charge is 0.352 e. The van der Waals surface area contributed by atoms with E-state index in [0.29, 0.717) is 23.4 Å². The van der Waals surface area contributed by atoms with Crippen LogP contribution in [0, 0.1) is 0 Å². The third-order valence-corrected chi connectivity index (χ3v) is 3.51. The highest BCUT2D eigenvalue weighted by molar-refractivity contribution is 6.04. The van der Waals surface area contributed by atoms with Crippen LogP contribution < -0.4 is 10.6 Å². The predicted molar refractivity (Wildman–Crippen MR) is 92.7 cm³/mol. The van der Waals surface area contributed by atoms with Gasteiger partial charge in [-0.15, -0.1) is 0 Å². The van der Waals surface area contributed by atoms with Gasteiger partial charge in [-0.2, -0.15) is 0 Å². The minimum Gasteiger partial charge on any atom is -0.352 e. The Morgan fingerprint density at radius 3 is 2.13 bits per heavy atom. The zero-order valence-corrected chi connectivity index (χ0v) is 13.3.